The highest BCUT2D eigenvalue weighted by Crippen LogP contribution is 2.34. The third-order valence-corrected chi connectivity index (χ3v) is 3.03. The molecular weight excluding hydrogens is 226 g/mol. The fraction of sp³-hybridized carbons (Fsp3) is 0.500. The minimum absolute atomic E-state index is 0. The van der Waals surface area contributed by atoms with Crippen molar-refractivity contribution in [3.05, 3.63) is 23.8 Å². The first-order chi connectivity index (χ1) is 7.43. The Bertz CT molecular complexity index is 364. The predicted octanol–water partition coefficient (Wildman–Crippen LogP) is 2.30. The Balaban J connectivity index is 0.000000963. The average molecular weight is 242 g/mol. The molecule has 3 nitrogen and oxygen atoms in total. The normalized spacial score (nSPS) is 22.6. The molecule has 0 amide bonds. The monoisotopic (exact) mass is 241 g/mol. The van der Waals surface area contributed by atoms with Gasteiger partial charge >= 0.3 is 0 Å². The number of rotatable bonds is 1. The van der Waals surface area contributed by atoms with Crippen LogP contribution < -0.4 is 14.8 Å². The van der Waals surface area contributed by atoms with Gasteiger partial charge in [0, 0.05) is 6.04 Å². The first-order valence-corrected chi connectivity index (χ1v) is 5.56. The van der Waals surface area contributed by atoms with Crippen LogP contribution in [-0.2, 0) is 0 Å². The highest BCUT2D eigenvalue weighted by molar-refractivity contribution is 5.85. The number of fused-ring (bicyclic) bond motifs is 1. The summed E-state index contributed by atoms with van der Waals surface area (Å²) >= 11 is 0. The molecule has 0 unspecified atom stereocenters. The quantitative estimate of drug-likeness (QED) is 0.819. The van der Waals surface area contributed by atoms with E-state index >= 15 is 0 Å². The highest BCUT2D eigenvalue weighted by atomic mass is 35.5. The lowest BCUT2D eigenvalue weighted by Crippen LogP contribution is -2.17. The second-order valence-corrected chi connectivity index (χ2v) is 4.05. The zero-order chi connectivity index (χ0) is 10.1. The van der Waals surface area contributed by atoms with E-state index in [1.807, 2.05) is 6.07 Å². The van der Waals surface area contributed by atoms with Crippen molar-refractivity contribution in [2.75, 3.05) is 19.8 Å². The van der Waals surface area contributed by atoms with Gasteiger partial charge in [-0.1, -0.05) is 6.07 Å². The van der Waals surface area contributed by atoms with Gasteiger partial charge in [-0.05, 0) is 37.1 Å². The van der Waals surface area contributed by atoms with Crippen molar-refractivity contribution in [1.29, 1.82) is 0 Å². The summed E-state index contributed by atoms with van der Waals surface area (Å²) in [5, 5.41) is 3.48. The molecule has 0 aromatic heterocycles. The van der Waals surface area contributed by atoms with Crippen LogP contribution in [0.3, 0.4) is 0 Å². The van der Waals surface area contributed by atoms with E-state index < -0.39 is 0 Å². The summed E-state index contributed by atoms with van der Waals surface area (Å²) in [6.07, 6.45) is 2.48. The van der Waals surface area contributed by atoms with Gasteiger partial charge in [-0.3, -0.25) is 0 Å². The van der Waals surface area contributed by atoms with Crippen LogP contribution in [0, 0.1) is 0 Å². The molecule has 0 radical (unpaired) electrons. The van der Waals surface area contributed by atoms with Gasteiger partial charge in [-0.15, -0.1) is 12.4 Å². The van der Waals surface area contributed by atoms with Crippen LogP contribution in [0.2, 0.25) is 0 Å². The van der Waals surface area contributed by atoms with Crippen molar-refractivity contribution >= 4 is 12.4 Å². The Kier molecular flexibility index (Phi) is 3.56. The summed E-state index contributed by atoms with van der Waals surface area (Å²) in [5.74, 6) is 1.77. The molecule has 1 aromatic carbocycles. The van der Waals surface area contributed by atoms with Crippen molar-refractivity contribution in [3.63, 3.8) is 0 Å². The molecule has 88 valence electrons. The molecule has 3 rings (SSSR count). The lowest BCUT2D eigenvalue weighted by Gasteiger charge is -2.20. The van der Waals surface area contributed by atoms with Crippen molar-refractivity contribution in [2.24, 2.45) is 0 Å². The van der Waals surface area contributed by atoms with Gasteiger partial charge in [-0.25, -0.2) is 0 Å². The molecule has 0 saturated carbocycles. The van der Waals surface area contributed by atoms with Crippen LogP contribution in [0.15, 0.2) is 18.2 Å². The number of nitrogens with one attached hydrogen (secondary N) is 1. The lowest BCUT2D eigenvalue weighted by molar-refractivity contribution is 0.171. The summed E-state index contributed by atoms with van der Waals surface area (Å²) in [6.45, 7) is 2.45. The van der Waals surface area contributed by atoms with Crippen molar-refractivity contribution < 1.29 is 9.47 Å². The second kappa shape index (κ2) is 4.93. The van der Waals surface area contributed by atoms with Crippen LogP contribution >= 0.6 is 12.4 Å². The molecule has 1 atom stereocenters. The highest BCUT2D eigenvalue weighted by Gasteiger charge is 2.19. The Hall–Kier alpha value is -0.930. The van der Waals surface area contributed by atoms with Crippen LogP contribution in [-0.4, -0.2) is 19.8 Å². The third-order valence-electron chi connectivity index (χ3n) is 3.03. The Labute approximate surface area is 102 Å². The van der Waals surface area contributed by atoms with Crippen LogP contribution in [0.1, 0.15) is 24.4 Å². The number of hydrogen-bond donors (Lipinski definition) is 1. The van der Waals surface area contributed by atoms with E-state index in [0.29, 0.717) is 19.3 Å². The van der Waals surface area contributed by atoms with E-state index in [-0.39, 0.29) is 12.4 Å². The van der Waals surface area contributed by atoms with Gasteiger partial charge < -0.3 is 14.8 Å². The first kappa shape index (κ1) is 11.6. The zero-order valence-corrected chi connectivity index (χ0v) is 9.89. The smallest absolute Gasteiger partial charge is 0.161 e. The molecule has 1 fully saturated rings. The second-order valence-electron chi connectivity index (χ2n) is 4.05. The molecule has 2 heterocycles. The largest absolute Gasteiger partial charge is 0.486 e. The number of halogens is 1. The lowest BCUT2D eigenvalue weighted by atomic mass is 10.0. The van der Waals surface area contributed by atoms with E-state index in [1.54, 1.807) is 0 Å². The Morgan fingerprint density at radius 1 is 1.12 bits per heavy atom. The fourth-order valence-corrected chi connectivity index (χ4v) is 2.25. The molecule has 1 saturated heterocycles. The summed E-state index contributed by atoms with van der Waals surface area (Å²) in [5.41, 5.74) is 1.32. The van der Waals surface area contributed by atoms with E-state index in [1.165, 1.54) is 18.4 Å². The number of hydrogen-bond acceptors (Lipinski definition) is 3. The van der Waals surface area contributed by atoms with Gasteiger partial charge in [0.15, 0.2) is 11.5 Å². The van der Waals surface area contributed by atoms with E-state index in [9.17, 15) is 0 Å². The maximum atomic E-state index is 5.57. The van der Waals surface area contributed by atoms with Crippen molar-refractivity contribution in [1.82, 2.24) is 5.32 Å². The molecule has 1 aromatic rings. The SMILES string of the molecule is Cl.c1cc2c(cc1[C@H]1CCCN1)OCCO2. The van der Waals surface area contributed by atoms with Gasteiger partial charge in [-0.2, -0.15) is 0 Å². The van der Waals surface area contributed by atoms with Gasteiger partial charge in [0.05, 0.1) is 0 Å². The van der Waals surface area contributed by atoms with Gasteiger partial charge in [0.2, 0.25) is 0 Å². The van der Waals surface area contributed by atoms with Gasteiger partial charge in [0.25, 0.3) is 0 Å². The minimum atomic E-state index is 0. The van der Waals surface area contributed by atoms with E-state index in [0.717, 1.165) is 18.0 Å². The predicted molar refractivity (Wildman–Crippen MR) is 64.7 cm³/mol. The molecule has 16 heavy (non-hydrogen) atoms. The minimum Gasteiger partial charge on any atom is -0.486 e. The van der Waals surface area contributed by atoms with E-state index in [4.69, 9.17) is 9.47 Å². The van der Waals surface area contributed by atoms with Crippen molar-refractivity contribution in [2.45, 2.75) is 18.9 Å². The average Bonchev–Trinajstić information content (AvgIpc) is 2.82. The zero-order valence-electron chi connectivity index (χ0n) is 9.07. The van der Waals surface area contributed by atoms with Crippen LogP contribution in [0.4, 0.5) is 0 Å². The molecule has 0 bridgehead atoms. The fourth-order valence-electron chi connectivity index (χ4n) is 2.25. The molecule has 2 aliphatic rings. The van der Waals surface area contributed by atoms with Crippen LogP contribution in [0.25, 0.3) is 0 Å². The third kappa shape index (κ3) is 2.11. The van der Waals surface area contributed by atoms with E-state index in [2.05, 4.69) is 17.4 Å². The molecule has 1 N–H and O–H groups in total. The molecule has 0 aliphatic carbocycles. The molecule has 0 spiro atoms. The molecule has 2 aliphatic heterocycles. The first-order valence-electron chi connectivity index (χ1n) is 5.56. The summed E-state index contributed by atoms with van der Waals surface area (Å²) in [4.78, 5) is 0. The summed E-state index contributed by atoms with van der Waals surface area (Å²) in [6, 6.07) is 6.76. The maximum absolute atomic E-state index is 5.57. The summed E-state index contributed by atoms with van der Waals surface area (Å²) < 4.78 is 11.1. The van der Waals surface area contributed by atoms with Crippen molar-refractivity contribution in [3.8, 4) is 11.5 Å². The maximum Gasteiger partial charge on any atom is 0.161 e. The van der Waals surface area contributed by atoms with Gasteiger partial charge in [0.1, 0.15) is 13.2 Å². The molecular formula is C12H16ClNO2. The number of ether oxygens (including phenoxy) is 2. The topological polar surface area (TPSA) is 30.5 Å². The standard InChI is InChI=1S/C12H15NO2.ClH/c1-2-10(13-5-1)9-3-4-11-12(8-9)15-7-6-14-11;/h3-4,8,10,13H,1-2,5-7H2;1H/t10-;/m1./s1. The van der Waals surface area contributed by atoms with Crippen LogP contribution in [0.5, 0.6) is 11.5 Å². The Morgan fingerprint density at radius 3 is 2.69 bits per heavy atom. The summed E-state index contributed by atoms with van der Waals surface area (Å²) in [7, 11) is 0. The molecule has 4 heteroatoms. The Morgan fingerprint density at radius 2 is 1.94 bits per heavy atom. The number of benzene rings is 1.